The molecule has 0 aliphatic heterocycles. The van der Waals surface area contributed by atoms with E-state index in [1.54, 1.807) is 43.3 Å². The van der Waals surface area contributed by atoms with Crippen molar-refractivity contribution in [3.05, 3.63) is 77.2 Å². The van der Waals surface area contributed by atoms with E-state index in [0.29, 0.717) is 22.6 Å². The summed E-state index contributed by atoms with van der Waals surface area (Å²) in [4.78, 5) is 24.2. The van der Waals surface area contributed by atoms with Crippen LogP contribution in [0.3, 0.4) is 0 Å². The van der Waals surface area contributed by atoms with Crippen LogP contribution in [0.5, 0.6) is 0 Å². The van der Waals surface area contributed by atoms with Crippen LogP contribution < -0.4 is 10.6 Å². The predicted molar refractivity (Wildman–Crippen MR) is 94.8 cm³/mol. The summed E-state index contributed by atoms with van der Waals surface area (Å²) in [5.41, 5.74) is 3.48. The number of nitrogens with zero attached hydrogens (tertiary/aromatic N) is 1. The van der Waals surface area contributed by atoms with Gasteiger partial charge in [-0.25, -0.2) is 0 Å². The standard InChI is InChI=1S/C19H17N3O3/c1-12-4-3-5-14(10-12)18(23)20-15-6-8-16(9-7-15)21-19(24)17-11-13(2)22-25-17/h3-11H,1-2H3,(H,20,23)(H,21,24). The Morgan fingerprint density at radius 3 is 2.08 bits per heavy atom. The van der Waals surface area contributed by atoms with Gasteiger partial charge in [0.25, 0.3) is 11.8 Å². The lowest BCUT2D eigenvalue weighted by Crippen LogP contribution is -2.13. The van der Waals surface area contributed by atoms with Gasteiger partial charge in [0.15, 0.2) is 0 Å². The van der Waals surface area contributed by atoms with Crippen LogP contribution in [0.4, 0.5) is 11.4 Å². The highest BCUT2D eigenvalue weighted by Gasteiger charge is 2.12. The lowest BCUT2D eigenvalue weighted by Gasteiger charge is -2.07. The molecular weight excluding hydrogens is 318 g/mol. The number of anilines is 2. The molecule has 0 aliphatic carbocycles. The third-order valence-corrected chi connectivity index (χ3v) is 3.53. The zero-order chi connectivity index (χ0) is 17.8. The zero-order valence-corrected chi connectivity index (χ0v) is 13.9. The Kier molecular flexibility index (Phi) is 4.61. The molecule has 2 N–H and O–H groups in total. The van der Waals surface area contributed by atoms with Crippen LogP contribution in [0, 0.1) is 13.8 Å². The van der Waals surface area contributed by atoms with E-state index >= 15 is 0 Å². The molecule has 0 spiro atoms. The van der Waals surface area contributed by atoms with Crippen molar-refractivity contribution < 1.29 is 14.1 Å². The monoisotopic (exact) mass is 335 g/mol. The zero-order valence-electron chi connectivity index (χ0n) is 13.9. The minimum absolute atomic E-state index is 0.148. The summed E-state index contributed by atoms with van der Waals surface area (Å²) >= 11 is 0. The van der Waals surface area contributed by atoms with Crippen LogP contribution in [0.2, 0.25) is 0 Å². The molecule has 3 aromatic rings. The van der Waals surface area contributed by atoms with E-state index in [4.69, 9.17) is 4.52 Å². The first-order valence-corrected chi connectivity index (χ1v) is 7.74. The van der Waals surface area contributed by atoms with E-state index in [0.717, 1.165) is 5.56 Å². The third kappa shape index (κ3) is 4.11. The van der Waals surface area contributed by atoms with Crippen LogP contribution in [0.15, 0.2) is 59.1 Å². The van der Waals surface area contributed by atoms with Crippen LogP contribution in [-0.4, -0.2) is 17.0 Å². The lowest BCUT2D eigenvalue weighted by molar-refractivity contribution is 0.0986. The molecule has 0 atom stereocenters. The van der Waals surface area contributed by atoms with E-state index in [-0.39, 0.29) is 17.6 Å². The van der Waals surface area contributed by atoms with Gasteiger partial charge >= 0.3 is 0 Å². The van der Waals surface area contributed by atoms with Crippen molar-refractivity contribution >= 4 is 23.2 Å². The van der Waals surface area contributed by atoms with Gasteiger partial charge in [-0.3, -0.25) is 9.59 Å². The van der Waals surface area contributed by atoms with E-state index in [9.17, 15) is 9.59 Å². The highest BCUT2D eigenvalue weighted by molar-refractivity contribution is 6.05. The van der Waals surface area contributed by atoms with Crippen LogP contribution >= 0.6 is 0 Å². The predicted octanol–water partition coefficient (Wildman–Crippen LogP) is 3.80. The molecule has 0 saturated carbocycles. The Balaban J connectivity index is 1.64. The van der Waals surface area contributed by atoms with Gasteiger partial charge < -0.3 is 15.2 Å². The summed E-state index contributed by atoms with van der Waals surface area (Å²) in [6.45, 7) is 3.68. The normalized spacial score (nSPS) is 10.3. The van der Waals surface area contributed by atoms with Gasteiger partial charge in [-0.15, -0.1) is 0 Å². The van der Waals surface area contributed by atoms with Crippen molar-refractivity contribution in [2.45, 2.75) is 13.8 Å². The molecule has 0 fully saturated rings. The topological polar surface area (TPSA) is 84.2 Å². The molecule has 0 radical (unpaired) electrons. The summed E-state index contributed by atoms with van der Waals surface area (Å²) in [5, 5.41) is 9.20. The largest absolute Gasteiger partial charge is 0.351 e. The number of amides is 2. The van der Waals surface area contributed by atoms with Gasteiger partial charge in [0.2, 0.25) is 5.76 Å². The summed E-state index contributed by atoms with van der Waals surface area (Å²) in [5.74, 6) is -0.413. The van der Waals surface area contributed by atoms with Crippen molar-refractivity contribution in [1.82, 2.24) is 5.16 Å². The fraction of sp³-hybridized carbons (Fsp3) is 0.105. The van der Waals surface area contributed by atoms with Gasteiger partial charge in [0, 0.05) is 23.0 Å². The first-order chi connectivity index (χ1) is 12.0. The second kappa shape index (κ2) is 7.00. The fourth-order valence-corrected chi connectivity index (χ4v) is 2.29. The van der Waals surface area contributed by atoms with E-state index < -0.39 is 0 Å². The number of carbonyl (C=O) groups is 2. The average Bonchev–Trinajstić information content (AvgIpc) is 3.03. The molecule has 1 aromatic heterocycles. The van der Waals surface area contributed by atoms with Gasteiger partial charge in [0.05, 0.1) is 5.69 Å². The molecule has 6 heteroatoms. The van der Waals surface area contributed by atoms with Gasteiger partial charge in [-0.2, -0.15) is 0 Å². The summed E-state index contributed by atoms with van der Waals surface area (Å²) in [6, 6.07) is 15.8. The van der Waals surface area contributed by atoms with E-state index in [1.807, 2.05) is 25.1 Å². The second-order valence-corrected chi connectivity index (χ2v) is 5.69. The Hall–Kier alpha value is -3.41. The smallest absolute Gasteiger partial charge is 0.294 e. The van der Waals surface area contributed by atoms with Crippen molar-refractivity contribution in [2.24, 2.45) is 0 Å². The first-order valence-electron chi connectivity index (χ1n) is 7.74. The second-order valence-electron chi connectivity index (χ2n) is 5.69. The number of benzene rings is 2. The van der Waals surface area contributed by atoms with Crippen molar-refractivity contribution in [1.29, 1.82) is 0 Å². The minimum atomic E-state index is -0.378. The van der Waals surface area contributed by atoms with Crippen molar-refractivity contribution in [2.75, 3.05) is 10.6 Å². The quantitative estimate of drug-likeness (QED) is 0.759. The third-order valence-electron chi connectivity index (χ3n) is 3.53. The van der Waals surface area contributed by atoms with Crippen molar-refractivity contribution in [3.8, 4) is 0 Å². The highest BCUT2D eigenvalue weighted by Crippen LogP contribution is 2.16. The van der Waals surface area contributed by atoms with E-state index in [1.165, 1.54) is 0 Å². The molecule has 6 nitrogen and oxygen atoms in total. The number of aromatic nitrogens is 1. The summed E-state index contributed by atoms with van der Waals surface area (Å²) < 4.78 is 4.91. The van der Waals surface area contributed by atoms with Gasteiger partial charge in [-0.1, -0.05) is 22.9 Å². The maximum Gasteiger partial charge on any atom is 0.294 e. The number of rotatable bonds is 4. The molecule has 0 unspecified atom stereocenters. The number of hydrogen-bond acceptors (Lipinski definition) is 4. The maximum atomic E-state index is 12.2. The molecule has 0 saturated heterocycles. The molecule has 0 bridgehead atoms. The Morgan fingerprint density at radius 1 is 0.880 bits per heavy atom. The maximum absolute atomic E-state index is 12.2. The molecule has 3 rings (SSSR count). The minimum Gasteiger partial charge on any atom is -0.351 e. The number of carbonyl (C=O) groups excluding carboxylic acids is 2. The molecule has 2 amide bonds. The number of nitrogens with one attached hydrogen (secondary N) is 2. The van der Waals surface area contributed by atoms with E-state index in [2.05, 4.69) is 15.8 Å². The molecule has 2 aromatic carbocycles. The molecule has 25 heavy (non-hydrogen) atoms. The van der Waals surface area contributed by atoms with Crippen LogP contribution in [0.1, 0.15) is 32.2 Å². The fourth-order valence-electron chi connectivity index (χ4n) is 2.29. The summed E-state index contributed by atoms with van der Waals surface area (Å²) in [6.07, 6.45) is 0. The van der Waals surface area contributed by atoms with Crippen LogP contribution in [0.25, 0.3) is 0 Å². The number of aryl methyl sites for hydroxylation is 2. The molecule has 0 aliphatic rings. The van der Waals surface area contributed by atoms with Crippen LogP contribution in [-0.2, 0) is 0 Å². The lowest BCUT2D eigenvalue weighted by atomic mass is 10.1. The van der Waals surface area contributed by atoms with Gasteiger partial charge in [-0.05, 0) is 50.2 Å². The molecule has 126 valence electrons. The summed E-state index contributed by atoms with van der Waals surface area (Å²) in [7, 11) is 0. The molecule has 1 heterocycles. The SMILES string of the molecule is Cc1cccc(C(=O)Nc2ccc(NC(=O)c3cc(C)no3)cc2)c1. The number of hydrogen-bond donors (Lipinski definition) is 2. The molecular formula is C19H17N3O3. The Bertz CT molecular complexity index is 914. The Labute approximate surface area is 144 Å². The van der Waals surface area contributed by atoms with Gasteiger partial charge in [0.1, 0.15) is 0 Å². The highest BCUT2D eigenvalue weighted by atomic mass is 16.5. The average molecular weight is 335 g/mol. The first kappa shape index (κ1) is 16.4. The Morgan fingerprint density at radius 2 is 1.52 bits per heavy atom. The van der Waals surface area contributed by atoms with Crippen molar-refractivity contribution in [3.63, 3.8) is 0 Å².